The van der Waals surface area contributed by atoms with Gasteiger partial charge in [0.15, 0.2) is 12.4 Å². The number of hydrogen-bond acceptors (Lipinski definition) is 7. The SMILES string of the molecule is CCC[C@H](NC(=O)[C@@H](C)NC(=O)CO/N=C1\C=C2CC[C@@H]3[C@H](CC[C@@]4(C)[C@H]3CC[C@]4(O)C(C)=O)[C@@]2(C)CC1)C(=O)O. The Balaban J connectivity index is 1.33. The third-order valence-electron chi connectivity index (χ3n) is 11.1. The van der Waals surface area contributed by atoms with Crippen molar-refractivity contribution in [1.82, 2.24) is 10.6 Å². The third kappa shape index (κ3) is 5.68. The van der Waals surface area contributed by atoms with Crippen LogP contribution in [0.25, 0.3) is 0 Å². The van der Waals surface area contributed by atoms with E-state index < -0.39 is 35.5 Å². The zero-order valence-corrected chi connectivity index (χ0v) is 25.1. The van der Waals surface area contributed by atoms with Gasteiger partial charge in [-0.25, -0.2) is 4.79 Å². The van der Waals surface area contributed by atoms with Gasteiger partial charge in [-0.3, -0.25) is 14.4 Å². The maximum atomic E-state index is 12.5. The van der Waals surface area contributed by atoms with Crippen LogP contribution in [0, 0.1) is 28.6 Å². The molecule has 0 unspecified atom stereocenters. The fraction of sp³-hybridized carbons (Fsp3) is 0.774. The van der Waals surface area contributed by atoms with Gasteiger partial charge in [0.2, 0.25) is 5.91 Å². The number of oxime groups is 1. The number of Topliss-reactive ketones (excluding diaryl/α,β-unsaturated/α-hetero) is 1. The molecule has 10 heteroatoms. The smallest absolute Gasteiger partial charge is 0.326 e. The Morgan fingerprint density at radius 1 is 1.07 bits per heavy atom. The van der Waals surface area contributed by atoms with E-state index in [1.807, 2.05) is 6.92 Å². The predicted octanol–water partition coefficient (Wildman–Crippen LogP) is 3.52. The van der Waals surface area contributed by atoms with Crippen LogP contribution in [-0.2, 0) is 24.0 Å². The largest absolute Gasteiger partial charge is 0.480 e. The standard InChI is InChI=1S/C31H47N3O7/c1-6-7-25(28(38)39)33-27(37)18(2)32-26(36)17-41-34-21-10-13-29(4)20(16-21)8-9-22-23(29)11-14-30(5)24(22)12-15-31(30,40)19(3)35/h16,18,22-25,40H,6-15,17H2,1-5H3,(H,32,36)(H,33,37)(H,38,39)/b34-21-/t18-,22-,23+,24+,25+,29+,30+,31+/m1/s1. The zero-order chi connectivity index (χ0) is 30.2. The molecule has 4 N–H and O–H groups in total. The number of carboxylic acids is 1. The summed E-state index contributed by atoms with van der Waals surface area (Å²) in [5.41, 5.74) is 0.661. The maximum absolute atomic E-state index is 12.5. The Hall–Kier alpha value is -2.75. The molecule has 4 aliphatic rings. The van der Waals surface area contributed by atoms with Crippen LogP contribution in [0.3, 0.4) is 0 Å². The van der Waals surface area contributed by atoms with Crippen molar-refractivity contribution >= 4 is 29.3 Å². The molecule has 0 radical (unpaired) electrons. The Labute approximate surface area is 242 Å². The number of aliphatic carboxylic acids is 1. The van der Waals surface area contributed by atoms with Crippen molar-refractivity contribution in [3.8, 4) is 0 Å². The lowest BCUT2D eigenvalue weighted by atomic mass is 9.46. The fourth-order valence-electron chi connectivity index (χ4n) is 8.60. The van der Waals surface area contributed by atoms with Crippen molar-refractivity contribution < 1.29 is 34.2 Å². The molecule has 4 rings (SSSR count). The molecule has 0 aliphatic heterocycles. The molecule has 4 aliphatic carbocycles. The molecule has 8 atom stereocenters. The second kappa shape index (κ2) is 11.9. The van der Waals surface area contributed by atoms with Crippen molar-refractivity contribution in [2.24, 2.45) is 33.7 Å². The van der Waals surface area contributed by atoms with E-state index in [1.54, 1.807) is 6.92 Å². The average Bonchev–Trinajstić information content (AvgIpc) is 3.20. The van der Waals surface area contributed by atoms with E-state index in [0.29, 0.717) is 37.0 Å². The summed E-state index contributed by atoms with van der Waals surface area (Å²) in [6, 6.07) is -1.90. The number of ketones is 1. The molecular formula is C31H47N3O7. The van der Waals surface area contributed by atoms with Crippen molar-refractivity contribution in [3.05, 3.63) is 11.6 Å². The van der Waals surface area contributed by atoms with Gasteiger partial charge >= 0.3 is 5.97 Å². The molecule has 228 valence electrons. The number of carbonyl (C=O) groups is 4. The number of rotatable bonds is 10. The number of hydrogen-bond donors (Lipinski definition) is 4. The fourth-order valence-corrected chi connectivity index (χ4v) is 8.60. The summed E-state index contributed by atoms with van der Waals surface area (Å²) in [6.45, 7) is 9.02. The van der Waals surface area contributed by atoms with E-state index >= 15 is 0 Å². The molecule has 0 aromatic rings. The first-order valence-electron chi connectivity index (χ1n) is 15.2. The number of carboxylic acid groups (broad SMARTS) is 1. The highest BCUT2D eigenvalue weighted by Crippen LogP contribution is 2.67. The van der Waals surface area contributed by atoms with Crippen LogP contribution in [0.1, 0.15) is 98.8 Å². The normalized spacial score (nSPS) is 36.6. The van der Waals surface area contributed by atoms with Crippen molar-refractivity contribution in [2.75, 3.05) is 6.61 Å². The lowest BCUT2D eigenvalue weighted by molar-refractivity contribution is -0.159. The van der Waals surface area contributed by atoms with Crippen molar-refractivity contribution in [2.45, 2.75) is 117 Å². The average molecular weight is 574 g/mol. The van der Waals surface area contributed by atoms with Gasteiger partial charge in [-0.05, 0) is 101 Å². The van der Waals surface area contributed by atoms with E-state index in [9.17, 15) is 29.4 Å². The number of aliphatic hydroxyl groups is 1. The van der Waals surface area contributed by atoms with Gasteiger partial charge in [0.1, 0.15) is 17.7 Å². The minimum Gasteiger partial charge on any atom is -0.480 e. The summed E-state index contributed by atoms with van der Waals surface area (Å²) in [7, 11) is 0. The van der Waals surface area contributed by atoms with Gasteiger partial charge in [0.05, 0.1) is 5.71 Å². The molecule has 3 saturated carbocycles. The molecule has 10 nitrogen and oxygen atoms in total. The van der Waals surface area contributed by atoms with E-state index in [0.717, 1.165) is 50.7 Å². The van der Waals surface area contributed by atoms with Gasteiger partial charge in [0.25, 0.3) is 5.91 Å². The molecule has 0 saturated heterocycles. The number of nitrogens with one attached hydrogen (secondary N) is 2. The minimum absolute atomic E-state index is 0.0476. The Kier molecular flexibility index (Phi) is 9.02. The van der Waals surface area contributed by atoms with Gasteiger partial charge in [-0.2, -0.15) is 0 Å². The number of carbonyl (C=O) groups excluding carboxylic acids is 3. The van der Waals surface area contributed by atoms with E-state index in [4.69, 9.17) is 4.84 Å². The molecule has 41 heavy (non-hydrogen) atoms. The number of amides is 2. The Morgan fingerprint density at radius 3 is 2.44 bits per heavy atom. The first-order valence-corrected chi connectivity index (χ1v) is 15.2. The van der Waals surface area contributed by atoms with Crippen molar-refractivity contribution in [1.29, 1.82) is 0 Å². The summed E-state index contributed by atoms with van der Waals surface area (Å²) in [4.78, 5) is 53.7. The molecule has 0 heterocycles. The van der Waals surface area contributed by atoms with Crippen molar-refractivity contribution in [3.63, 3.8) is 0 Å². The molecule has 2 amide bonds. The highest BCUT2D eigenvalue weighted by molar-refractivity contribution is 5.96. The highest BCUT2D eigenvalue weighted by Gasteiger charge is 2.65. The molecule has 0 aromatic heterocycles. The van der Waals surface area contributed by atoms with Crippen LogP contribution in [0.4, 0.5) is 0 Å². The van der Waals surface area contributed by atoms with E-state index in [-0.39, 0.29) is 23.2 Å². The van der Waals surface area contributed by atoms with Gasteiger partial charge in [-0.15, -0.1) is 0 Å². The summed E-state index contributed by atoms with van der Waals surface area (Å²) in [5.74, 6) is -0.915. The number of fused-ring (bicyclic) bond motifs is 5. The third-order valence-corrected chi connectivity index (χ3v) is 11.1. The van der Waals surface area contributed by atoms with Crippen LogP contribution in [0.2, 0.25) is 0 Å². The quantitative estimate of drug-likeness (QED) is 0.292. The second-order valence-corrected chi connectivity index (χ2v) is 13.2. The van der Waals surface area contributed by atoms with Gasteiger partial charge < -0.3 is 25.7 Å². The molecule has 0 spiro atoms. The highest BCUT2D eigenvalue weighted by atomic mass is 16.6. The lowest BCUT2D eigenvalue weighted by Crippen LogP contribution is -2.57. The van der Waals surface area contributed by atoms with Crippen LogP contribution < -0.4 is 10.6 Å². The van der Waals surface area contributed by atoms with Gasteiger partial charge in [-0.1, -0.05) is 37.9 Å². The summed E-state index contributed by atoms with van der Waals surface area (Å²) >= 11 is 0. The molecule has 3 fully saturated rings. The number of nitrogens with zero attached hydrogens (tertiary/aromatic N) is 1. The van der Waals surface area contributed by atoms with Crippen LogP contribution >= 0.6 is 0 Å². The summed E-state index contributed by atoms with van der Waals surface area (Å²) < 4.78 is 0. The minimum atomic E-state index is -1.20. The topological polar surface area (TPSA) is 154 Å². The first kappa shape index (κ1) is 31.2. The summed E-state index contributed by atoms with van der Waals surface area (Å²) in [6.07, 6.45) is 10.0. The monoisotopic (exact) mass is 573 g/mol. The van der Waals surface area contributed by atoms with E-state index in [1.165, 1.54) is 12.5 Å². The van der Waals surface area contributed by atoms with E-state index in [2.05, 4.69) is 35.7 Å². The zero-order valence-electron chi connectivity index (χ0n) is 25.1. The first-order chi connectivity index (χ1) is 19.3. The van der Waals surface area contributed by atoms with Crippen LogP contribution in [0.15, 0.2) is 16.8 Å². The molecular weight excluding hydrogens is 526 g/mol. The Morgan fingerprint density at radius 2 is 1.78 bits per heavy atom. The van der Waals surface area contributed by atoms with Gasteiger partial charge in [0, 0.05) is 5.41 Å². The predicted molar refractivity (Wildman–Crippen MR) is 153 cm³/mol. The Bertz CT molecular complexity index is 1130. The van der Waals surface area contributed by atoms with Crippen LogP contribution in [-0.4, -0.2) is 63.8 Å². The summed E-state index contributed by atoms with van der Waals surface area (Å²) in [5, 5.41) is 29.8. The lowest BCUT2D eigenvalue weighted by Gasteiger charge is -2.59. The molecule has 0 aromatic carbocycles. The maximum Gasteiger partial charge on any atom is 0.326 e. The van der Waals surface area contributed by atoms with Crippen LogP contribution in [0.5, 0.6) is 0 Å². The second-order valence-electron chi connectivity index (χ2n) is 13.2. The molecule has 0 bridgehead atoms. The number of allylic oxidation sites excluding steroid dienone is 2.